The molecule has 8 nitrogen and oxygen atoms in total. The number of nitrogens with zero attached hydrogens (tertiary/aromatic N) is 2. The summed E-state index contributed by atoms with van der Waals surface area (Å²) in [5, 5.41) is 12.5. The quantitative estimate of drug-likeness (QED) is 0.726. The summed E-state index contributed by atoms with van der Waals surface area (Å²) in [7, 11) is 1.96. The van der Waals surface area contributed by atoms with Crippen molar-refractivity contribution in [3.05, 3.63) is 65.5 Å². The van der Waals surface area contributed by atoms with Crippen molar-refractivity contribution in [2.75, 3.05) is 29.2 Å². The highest BCUT2D eigenvalue weighted by Crippen LogP contribution is 2.40. The summed E-state index contributed by atoms with van der Waals surface area (Å²) in [4.78, 5) is 35.2. The Bertz CT molecular complexity index is 1040. The first-order chi connectivity index (χ1) is 14.3. The number of hydrogen-bond acceptors (Lipinski definition) is 5. The lowest BCUT2D eigenvalue weighted by Gasteiger charge is -2.29. The van der Waals surface area contributed by atoms with Crippen LogP contribution in [0.5, 0.6) is 0 Å². The first kappa shape index (κ1) is 19.7. The number of benzene rings is 2. The lowest BCUT2D eigenvalue weighted by Crippen LogP contribution is -2.40. The van der Waals surface area contributed by atoms with Crippen LogP contribution in [0.15, 0.2) is 59.9 Å². The fourth-order valence-electron chi connectivity index (χ4n) is 3.94. The zero-order valence-corrected chi connectivity index (χ0v) is 17.0. The number of amides is 3. The summed E-state index contributed by atoms with van der Waals surface area (Å²) >= 11 is 0. The average molecular weight is 405 g/mol. The topological polar surface area (TPSA) is 93.8 Å². The predicted molar refractivity (Wildman–Crippen MR) is 115 cm³/mol. The van der Waals surface area contributed by atoms with E-state index in [0.29, 0.717) is 12.2 Å². The standard InChI is InChI=1S/C22H23N5O3/c1-13(28)23-16-6-4-15(5-7-16)20-19-12-26(3)27(21(19)25-22(20)30)18-10-8-17(9-11-18)24-14(2)29/h4-11,20H,12H2,1-3H3,(H,23,28)(H,24,29)(H,25,30). The molecule has 0 aromatic heterocycles. The third-order valence-corrected chi connectivity index (χ3v) is 5.11. The van der Waals surface area contributed by atoms with Crippen molar-refractivity contribution >= 4 is 34.8 Å². The molecular weight excluding hydrogens is 382 g/mol. The first-order valence-electron chi connectivity index (χ1n) is 9.64. The summed E-state index contributed by atoms with van der Waals surface area (Å²) in [5.41, 5.74) is 4.18. The van der Waals surface area contributed by atoms with Gasteiger partial charge in [0.2, 0.25) is 17.7 Å². The molecule has 0 fully saturated rings. The maximum Gasteiger partial charge on any atom is 0.237 e. The minimum atomic E-state index is -0.377. The number of carbonyl (C=O) groups excluding carboxylic acids is 3. The van der Waals surface area contributed by atoms with Crippen LogP contribution in [-0.4, -0.2) is 36.3 Å². The summed E-state index contributed by atoms with van der Waals surface area (Å²) in [5.74, 6) is 0.0637. The monoisotopic (exact) mass is 405 g/mol. The first-order valence-corrected chi connectivity index (χ1v) is 9.64. The Hall–Kier alpha value is -3.65. The molecule has 3 amide bonds. The molecule has 0 spiro atoms. The second-order valence-corrected chi connectivity index (χ2v) is 7.45. The van der Waals surface area contributed by atoms with Gasteiger partial charge in [0, 0.05) is 44.4 Å². The zero-order valence-electron chi connectivity index (χ0n) is 17.0. The molecule has 0 bridgehead atoms. The number of likely N-dealkylation sites (N-methyl/N-ethyl adjacent to an activating group) is 1. The van der Waals surface area contributed by atoms with Crippen LogP contribution in [0.2, 0.25) is 0 Å². The molecule has 1 atom stereocenters. The van der Waals surface area contributed by atoms with E-state index in [9.17, 15) is 14.4 Å². The molecule has 2 aliphatic rings. The lowest BCUT2D eigenvalue weighted by atomic mass is 9.92. The Kier molecular flexibility index (Phi) is 5.01. The molecule has 2 aromatic rings. The van der Waals surface area contributed by atoms with Crippen molar-refractivity contribution in [2.24, 2.45) is 0 Å². The minimum Gasteiger partial charge on any atom is -0.326 e. The molecule has 2 aromatic carbocycles. The predicted octanol–water partition coefficient (Wildman–Crippen LogP) is 2.40. The number of nitrogens with one attached hydrogen (secondary N) is 3. The summed E-state index contributed by atoms with van der Waals surface area (Å²) in [6.07, 6.45) is 0. The Morgan fingerprint density at radius 3 is 2.00 bits per heavy atom. The van der Waals surface area contributed by atoms with E-state index in [0.717, 1.165) is 28.3 Å². The van der Waals surface area contributed by atoms with E-state index in [4.69, 9.17) is 0 Å². The lowest BCUT2D eigenvalue weighted by molar-refractivity contribution is -0.120. The van der Waals surface area contributed by atoms with Crippen molar-refractivity contribution in [1.82, 2.24) is 10.3 Å². The van der Waals surface area contributed by atoms with Gasteiger partial charge in [-0.15, -0.1) is 0 Å². The summed E-state index contributed by atoms with van der Waals surface area (Å²) < 4.78 is 0. The Morgan fingerprint density at radius 2 is 1.47 bits per heavy atom. The van der Waals surface area contributed by atoms with Crippen LogP contribution in [0.4, 0.5) is 17.1 Å². The molecule has 3 N–H and O–H groups in total. The molecular formula is C22H23N5O3. The van der Waals surface area contributed by atoms with Crippen LogP contribution in [0.25, 0.3) is 0 Å². The van der Waals surface area contributed by atoms with Crippen molar-refractivity contribution < 1.29 is 14.4 Å². The van der Waals surface area contributed by atoms with E-state index >= 15 is 0 Å². The van der Waals surface area contributed by atoms with Crippen LogP contribution in [-0.2, 0) is 14.4 Å². The van der Waals surface area contributed by atoms with Gasteiger partial charge in [0.25, 0.3) is 0 Å². The molecule has 0 aliphatic carbocycles. The molecule has 2 aliphatic heterocycles. The van der Waals surface area contributed by atoms with Crippen LogP contribution in [0.3, 0.4) is 0 Å². The fourth-order valence-corrected chi connectivity index (χ4v) is 3.94. The van der Waals surface area contributed by atoms with E-state index in [2.05, 4.69) is 16.0 Å². The van der Waals surface area contributed by atoms with Gasteiger partial charge < -0.3 is 16.0 Å². The van der Waals surface area contributed by atoms with Crippen LogP contribution >= 0.6 is 0 Å². The molecule has 8 heteroatoms. The van der Waals surface area contributed by atoms with Crippen molar-refractivity contribution in [2.45, 2.75) is 19.8 Å². The molecule has 0 saturated carbocycles. The minimum absolute atomic E-state index is 0.0692. The van der Waals surface area contributed by atoms with E-state index in [1.54, 1.807) is 12.1 Å². The van der Waals surface area contributed by atoms with Gasteiger partial charge in [-0.2, -0.15) is 0 Å². The molecule has 0 radical (unpaired) electrons. The number of anilines is 3. The van der Waals surface area contributed by atoms with Gasteiger partial charge in [-0.3, -0.25) is 19.4 Å². The smallest absolute Gasteiger partial charge is 0.237 e. The van der Waals surface area contributed by atoms with Crippen molar-refractivity contribution in [3.63, 3.8) is 0 Å². The third-order valence-electron chi connectivity index (χ3n) is 5.11. The second-order valence-electron chi connectivity index (χ2n) is 7.45. The number of carbonyl (C=O) groups is 3. The van der Waals surface area contributed by atoms with Gasteiger partial charge >= 0.3 is 0 Å². The molecule has 30 heavy (non-hydrogen) atoms. The number of hydrazine groups is 1. The zero-order chi connectivity index (χ0) is 21.4. The van der Waals surface area contributed by atoms with Gasteiger partial charge in [-0.1, -0.05) is 12.1 Å². The average Bonchev–Trinajstić information content (AvgIpc) is 3.15. The Morgan fingerprint density at radius 1 is 0.933 bits per heavy atom. The van der Waals surface area contributed by atoms with Gasteiger partial charge in [0.1, 0.15) is 5.82 Å². The highest BCUT2D eigenvalue weighted by atomic mass is 16.2. The molecule has 0 saturated heterocycles. The van der Waals surface area contributed by atoms with Crippen LogP contribution in [0, 0.1) is 0 Å². The van der Waals surface area contributed by atoms with E-state index in [-0.39, 0.29) is 23.6 Å². The van der Waals surface area contributed by atoms with Gasteiger partial charge in [0.15, 0.2) is 0 Å². The fraction of sp³-hybridized carbons (Fsp3) is 0.227. The molecule has 1 unspecified atom stereocenters. The number of hydrogen-bond donors (Lipinski definition) is 3. The summed E-state index contributed by atoms with van der Waals surface area (Å²) in [6.45, 7) is 3.54. The van der Waals surface area contributed by atoms with Gasteiger partial charge in [0.05, 0.1) is 11.6 Å². The van der Waals surface area contributed by atoms with E-state index in [1.165, 1.54) is 13.8 Å². The van der Waals surface area contributed by atoms with Gasteiger partial charge in [-0.25, -0.2) is 5.01 Å². The van der Waals surface area contributed by atoms with Crippen molar-refractivity contribution in [3.8, 4) is 0 Å². The number of rotatable bonds is 4. The molecule has 4 rings (SSSR count). The summed E-state index contributed by atoms with van der Waals surface area (Å²) in [6, 6.07) is 14.8. The third kappa shape index (κ3) is 3.65. The maximum atomic E-state index is 12.8. The highest BCUT2D eigenvalue weighted by Gasteiger charge is 2.42. The van der Waals surface area contributed by atoms with Crippen molar-refractivity contribution in [1.29, 1.82) is 0 Å². The van der Waals surface area contributed by atoms with Gasteiger partial charge in [-0.05, 0) is 42.0 Å². The van der Waals surface area contributed by atoms with E-state index < -0.39 is 0 Å². The maximum absolute atomic E-state index is 12.8. The molecule has 154 valence electrons. The second kappa shape index (κ2) is 7.64. The van der Waals surface area contributed by atoms with E-state index in [1.807, 2.05) is 53.5 Å². The SMILES string of the molecule is CC(=O)Nc1ccc(C2C(=O)NC3=C2CN(C)N3c2ccc(NC(C)=O)cc2)cc1. The largest absolute Gasteiger partial charge is 0.326 e. The molecule has 2 heterocycles. The van der Waals surface area contributed by atoms with Crippen LogP contribution in [0.1, 0.15) is 25.3 Å². The van der Waals surface area contributed by atoms with Crippen LogP contribution < -0.4 is 21.0 Å². The normalized spacial score (nSPS) is 18.3. The Labute approximate surface area is 174 Å². The Balaban J connectivity index is 1.61. The highest BCUT2D eigenvalue weighted by molar-refractivity contribution is 5.94.